The van der Waals surface area contributed by atoms with Crippen LogP contribution in [-0.2, 0) is 0 Å². The molecule has 4 heteroatoms. The van der Waals surface area contributed by atoms with E-state index in [1.807, 2.05) is 0 Å². The van der Waals surface area contributed by atoms with Crippen LogP contribution in [0, 0.1) is 0 Å². The second kappa shape index (κ2) is 8.93. The first-order valence-electron chi connectivity index (χ1n) is 0.447. The first-order valence-corrected chi connectivity index (χ1v) is 1.34. The molecule has 0 atom stereocenters. The van der Waals surface area contributed by atoms with Gasteiger partial charge in [0.05, 0.1) is 0 Å². The minimum absolute atomic E-state index is 0. The molecule has 0 aliphatic heterocycles. The summed E-state index contributed by atoms with van der Waals surface area (Å²) in [6.07, 6.45) is 0. The molecule has 0 aromatic carbocycles. The summed E-state index contributed by atoms with van der Waals surface area (Å²) in [7, 11) is -0.917. The van der Waals surface area contributed by atoms with E-state index in [4.69, 9.17) is 9.79 Å². The van der Waals surface area contributed by atoms with Crippen LogP contribution in [0.4, 0.5) is 0 Å². The predicted molar refractivity (Wildman–Crippen MR) is 20.7 cm³/mol. The van der Waals surface area contributed by atoms with E-state index in [9.17, 15) is 0 Å². The monoisotopic (exact) mass is 92.0 g/mol. The molecule has 0 unspecified atom stereocenters. The summed E-state index contributed by atoms with van der Waals surface area (Å²) in [4.78, 5) is 14.3. The van der Waals surface area contributed by atoms with Crippen LogP contribution in [0.3, 0.4) is 0 Å². The van der Waals surface area contributed by atoms with Crippen molar-refractivity contribution in [1.82, 2.24) is 0 Å². The molecular weight excluding hydrogens is 87.3 g/mol. The fraction of sp³-hybridized carbons (Fsp3) is 0. The fourth-order valence-corrected chi connectivity index (χ4v) is 0. The van der Waals surface area contributed by atoms with Crippen LogP contribution in [0.1, 0.15) is 2.85 Å². The van der Waals surface area contributed by atoms with Gasteiger partial charge >= 0.3 is 23.1 Å². The van der Waals surface area contributed by atoms with E-state index in [1.165, 1.54) is 0 Å². The Hall–Kier alpha value is 1.12. The molecule has 24 valence electrons. The Kier molecular flexibility index (Phi) is 19.9. The molecule has 0 radical (unpaired) electrons. The van der Waals surface area contributed by atoms with Gasteiger partial charge in [-0.1, -0.05) is 0 Å². The Morgan fingerprint density at radius 1 is 1.50 bits per heavy atom. The van der Waals surface area contributed by atoms with Crippen LogP contribution in [0.2, 0.25) is 0 Å². The van der Waals surface area contributed by atoms with Crippen molar-refractivity contribution in [3.8, 4) is 0 Å². The SMILES string of the molecule is OPO.[H-].[H-].[Mg+2]. The van der Waals surface area contributed by atoms with Crippen LogP contribution in [0.15, 0.2) is 0 Å². The molecule has 0 amide bonds. The molecule has 0 rings (SSSR count). The van der Waals surface area contributed by atoms with E-state index >= 15 is 0 Å². The van der Waals surface area contributed by atoms with Crippen molar-refractivity contribution in [2.75, 3.05) is 0 Å². The van der Waals surface area contributed by atoms with Gasteiger partial charge in [0.25, 0.3) is 0 Å². The Labute approximate surface area is 45.3 Å². The van der Waals surface area contributed by atoms with Gasteiger partial charge in [-0.15, -0.1) is 0 Å². The second-order valence-corrected chi connectivity index (χ2v) is 0.300. The van der Waals surface area contributed by atoms with E-state index in [-0.39, 0.29) is 25.9 Å². The predicted octanol–water partition coefficient (Wildman–Crippen LogP) is -0.676. The molecule has 0 saturated carbocycles. The topological polar surface area (TPSA) is 40.5 Å². The minimum Gasteiger partial charge on any atom is -1.00 e. The first kappa shape index (κ1) is 8.93. The van der Waals surface area contributed by atoms with Gasteiger partial charge in [-0.25, -0.2) is 0 Å². The summed E-state index contributed by atoms with van der Waals surface area (Å²) in [6, 6.07) is 0. The summed E-state index contributed by atoms with van der Waals surface area (Å²) in [5.74, 6) is 0. The largest absolute Gasteiger partial charge is 2.00 e. The molecule has 0 aromatic rings. The Morgan fingerprint density at radius 3 is 1.50 bits per heavy atom. The fourth-order valence-electron chi connectivity index (χ4n) is 0. The van der Waals surface area contributed by atoms with E-state index in [0.717, 1.165) is 0 Å². The molecule has 0 aliphatic carbocycles. The molecule has 0 fully saturated rings. The third-order valence-electron chi connectivity index (χ3n) is 0. The van der Waals surface area contributed by atoms with Crippen LogP contribution < -0.4 is 0 Å². The van der Waals surface area contributed by atoms with Crippen molar-refractivity contribution in [2.45, 2.75) is 0 Å². The molecule has 0 aromatic heterocycles. The van der Waals surface area contributed by atoms with Gasteiger partial charge < -0.3 is 12.6 Å². The molecule has 4 heavy (non-hydrogen) atoms. The average Bonchev–Trinajstić information content (AvgIpc) is 0.918. The number of rotatable bonds is 0. The summed E-state index contributed by atoms with van der Waals surface area (Å²) >= 11 is 0. The Bertz CT molecular complexity index is 11.5. The van der Waals surface area contributed by atoms with Crippen LogP contribution in [0.5, 0.6) is 0 Å². The average molecular weight is 92.3 g/mol. The van der Waals surface area contributed by atoms with Gasteiger partial charge in [-0.3, -0.25) is 0 Å². The van der Waals surface area contributed by atoms with Gasteiger partial charge in [0.1, 0.15) is 9.03 Å². The van der Waals surface area contributed by atoms with E-state index in [1.54, 1.807) is 0 Å². The first-order chi connectivity index (χ1) is 1.41. The summed E-state index contributed by atoms with van der Waals surface area (Å²) < 4.78 is 0. The van der Waals surface area contributed by atoms with Gasteiger partial charge in [-0.2, -0.15) is 0 Å². The molecule has 2 nitrogen and oxygen atoms in total. The summed E-state index contributed by atoms with van der Waals surface area (Å²) in [5, 5.41) is 0. The van der Waals surface area contributed by atoms with Crippen LogP contribution in [-0.4, -0.2) is 32.8 Å². The van der Waals surface area contributed by atoms with Crippen molar-refractivity contribution in [3.63, 3.8) is 0 Å². The van der Waals surface area contributed by atoms with Crippen LogP contribution >= 0.6 is 9.03 Å². The molecule has 0 spiro atoms. The molecule has 0 saturated heterocycles. The van der Waals surface area contributed by atoms with Gasteiger partial charge in [-0.05, 0) is 0 Å². The maximum atomic E-state index is 7.15. The zero-order chi connectivity index (χ0) is 2.71. The third kappa shape index (κ3) is 11.2. The summed E-state index contributed by atoms with van der Waals surface area (Å²) in [5.41, 5.74) is 0. The molecule has 0 aliphatic rings. The van der Waals surface area contributed by atoms with Gasteiger partial charge in [0.15, 0.2) is 0 Å². The molecular formula is H5MgO2P. The van der Waals surface area contributed by atoms with E-state index < -0.39 is 9.03 Å². The molecule has 2 N–H and O–H groups in total. The smallest absolute Gasteiger partial charge is 1.00 e. The minimum atomic E-state index is -0.917. The zero-order valence-corrected chi connectivity index (χ0v) is 4.52. The zero-order valence-electron chi connectivity index (χ0n) is 4.10. The van der Waals surface area contributed by atoms with E-state index in [2.05, 4.69) is 0 Å². The molecule has 0 heterocycles. The normalized spacial score (nSPS) is 4.50. The van der Waals surface area contributed by atoms with Gasteiger partial charge in [0.2, 0.25) is 0 Å². The van der Waals surface area contributed by atoms with Crippen molar-refractivity contribution in [1.29, 1.82) is 0 Å². The summed E-state index contributed by atoms with van der Waals surface area (Å²) in [6.45, 7) is 0. The maximum Gasteiger partial charge on any atom is 2.00 e. The van der Waals surface area contributed by atoms with Crippen LogP contribution in [0.25, 0.3) is 0 Å². The third-order valence-corrected chi connectivity index (χ3v) is 0. The van der Waals surface area contributed by atoms with Crippen molar-refractivity contribution >= 4 is 32.1 Å². The van der Waals surface area contributed by atoms with Crippen molar-refractivity contribution in [2.24, 2.45) is 0 Å². The van der Waals surface area contributed by atoms with Crippen molar-refractivity contribution < 1.29 is 12.6 Å². The maximum absolute atomic E-state index is 7.15. The standard InChI is InChI=1S/Mg.H3O2P.2H/c;1-3-2;;/h;1-3H;;/q+2;;2*-1. The quantitative estimate of drug-likeness (QED) is 0.307. The van der Waals surface area contributed by atoms with Gasteiger partial charge in [0, 0.05) is 0 Å². The molecule has 0 bridgehead atoms. The number of hydrogen-bond donors (Lipinski definition) is 2. The van der Waals surface area contributed by atoms with Crippen molar-refractivity contribution in [3.05, 3.63) is 0 Å². The van der Waals surface area contributed by atoms with E-state index in [0.29, 0.717) is 0 Å². The number of hydrogen-bond acceptors (Lipinski definition) is 2. The second-order valence-electron chi connectivity index (χ2n) is 0.100. The Balaban J connectivity index is -0.00000000667. The Morgan fingerprint density at radius 2 is 1.50 bits per heavy atom.